The zero-order chi connectivity index (χ0) is 14.8. The lowest BCUT2D eigenvalue weighted by Gasteiger charge is -2.09. The van der Waals surface area contributed by atoms with Crippen molar-refractivity contribution in [3.8, 4) is 0 Å². The third-order valence-corrected chi connectivity index (χ3v) is 4.67. The van der Waals surface area contributed by atoms with Crippen LogP contribution in [0.25, 0.3) is 10.8 Å². The average Bonchev–Trinajstić information content (AvgIpc) is 2.51. The van der Waals surface area contributed by atoms with Gasteiger partial charge in [0.05, 0.1) is 0 Å². The van der Waals surface area contributed by atoms with Gasteiger partial charge in [0.2, 0.25) is 0 Å². The van der Waals surface area contributed by atoms with E-state index in [0.717, 1.165) is 16.5 Å². The summed E-state index contributed by atoms with van der Waals surface area (Å²) in [6.45, 7) is 4.42. The molecule has 0 unspecified atom stereocenters. The van der Waals surface area contributed by atoms with Crippen molar-refractivity contribution in [3.63, 3.8) is 0 Å². The van der Waals surface area contributed by atoms with Gasteiger partial charge >= 0.3 is 0 Å². The van der Waals surface area contributed by atoms with E-state index < -0.39 is 0 Å². The van der Waals surface area contributed by atoms with Crippen molar-refractivity contribution in [2.45, 2.75) is 29.6 Å². The quantitative estimate of drug-likeness (QED) is 0.684. The van der Waals surface area contributed by atoms with E-state index >= 15 is 0 Å². The van der Waals surface area contributed by atoms with Gasteiger partial charge in [-0.25, -0.2) is 0 Å². The minimum Gasteiger partial charge on any atom is -0.398 e. The summed E-state index contributed by atoms with van der Waals surface area (Å²) in [6, 6.07) is 14.8. The summed E-state index contributed by atoms with van der Waals surface area (Å²) in [5.74, 6) is 0.562. The first-order valence-corrected chi connectivity index (χ1v) is 7.87. The maximum Gasteiger partial charge on any atom is 0.0410 e. The zero-order valence-corrected chi connectivity index (χ0v) is 13.0. The van der Waals surface area contributed by atoms with Gasteiger partial charge in [-0.15, -0.1) is 0 Å². The molecule has 0 saturated carbocycles. The number of nitrogens with zero attached hydrogens (tertiary/aromatic N) is 1. The molecule has 0 fully saturated rings. The van der Waals surface area contributed by atoms with Crippen molar-refractivity contribution in [3.05, 3.63) is 60.4 Å². The molecule has 3 rings (SSSR count). The van der Waals surface area contributed by atoms with Crippen LogP contribution in [0.3, 0.4) is 0 Å². The Labute approximate surface area is 129 Å². The van der Waals surface area contributed by atoms with Gasteiger partial charge in [0.15, 0.2) is 0 Å². The number of hydrogen-bond acceptors (Lipinski definition) is 3. The minimum atomic E-state index is 0.562. The number of anilines is 1. The molecule has 0 aliphatic heterocycles. The summed E-state index contributed by atoms with van der Waals surface area (Å²) in [6.07, 6.45) is 3.64. The van der Waals surface area contributed by atoms with E-state index in [4.69, 9.17) is 5.73 Å². The predicted molar refractivity (Wildman–Crippen MR) is 90.8 cm³/mol. The highest BCUT2D eigenvalue weighted by Crippen LogP contribution is 2.35. The molecule has 0 spiro atoms. The monoisotopic (exact) mass is 294 g/mol. The van der Waals surface area contributed by atoms with Crippen LogP contribution in [0.2, 0.25) is 0 Å². The van der Waals surface area contributed by atoms with Crippen LogP contribution in [0.1, 0.15) is 25.3 Å². The highest BCUT2D eigenvalue weighted by Gasteiger charge is 2.06. The summed E-state index contributed by atoms with van der Waals surface area (Å²) in [5, 5.41) is 2.17. The van der Waals surface area contributed by atoms with Gasteiger partial charge in [-0.2, -0.15) is 0 Å². The van der Waals surface area contributed by atoms with Crippen LogP contribution in [0, 0.1) is 0 Å². The number of aromatic nitrogens is 1. The van der Waals surface area contributed by atoms with E-state index in [2.05, 4.69) is 49.2 Å². The fourth-order valence-electron chi connectivity index (χ4n) is 2.32. The van der Waals surface area contributed by atoms with Crippen LogP contribution in [-0.2, 0) is 0 Å². The molecule has 0 radical (unpaired) electrons. The third-order valence-electron chi connectivity index (χ3n) is 3.59. The molecule has 21 heavy (non-hydrogen) atoms. The highest BCUT2D eigenvalue weighted by atomic mass is 32.2. The second-order valence-electron chi connectivity index (χ2n) is 5.40. The fraction of sp³-hybridized carbons (Fsp3) is 0.167. The summed E-state index contributed by atoms with van der Waals surface area (Å²) < 4.78 is 0. The lowest BCUT2D eigenvalue weighted by atomic mass is 10.0. The highest BCUT2D eigenvalue weighted by molar-refractivity contribution is 7.99. The van der Waals surface area contributed by atoms with Crippen LogP contribution in [0.15, 0.2) is 64.6 Å². The van der Waals surface area contributed by atoms with Crippen molar-refractivity contribution < 1.29 is 0 Å². The van der Waals surface area contributed by atoms with Crippen LogP contribution in [-0.4, -0.2) is 4.98 Å². The topological polar surface area (TPSA) is 38.9 Å². The Morgan fingerprint density at radius 2 is 1.71 bits per heavy atom. The summed E-state index contributed by atoms with van der Waals surface area (Å²) in [4.78, 5) is 6.61. The zero-order valence-electron chi connectivity index (χ0n) is 12.2. The molecule has 1 heterocycles. The Hall–Kier alpha value is -2.00. The molecule has 1 aromatic heterocycles. The molecule has 2 aromatic carbocycles. The number of benzene rings is 2. The first kappa shape index (κ1) is 14.0. The Morgan fingerprint density at radius 1 is 0.952 bits per heavy atom. The van der Waals surface area contributed by atoms with Crippen molar-refractivity contribution in [2.75, 3.05) is 5.73 Å². The second kappa shape index (κ2) is 5.78. The van der Waals surface area contributed by atoms with E-state index in [1.807, 2.05) is 24.5 Å². The second-order valence-corrected chi connectivity index (χ2v) is 6.52. The molecule has 0 atom stereocenters. The third kappa shape index (κ3) is 2.88. The predicted octanol–water partition coefficient (Wildman–Crippen LogP) is 5.09. The molecule has 0 saturated heterocycles. The standard InChI is InChI=1S/C18H18N2S/c1-12(2)13-3-5-14(6-4-13)21-18-8-7-17(19)16-11-20-10-9-15(16)18/h3-12H,19H2,1-2H3. The molecule has 106 valence electrons. The first-order valence-electron chi connectivity index (χ1n) is 7.05. The summed E-state index contributed by atoms with van der Waals surface area (Å²) >= 11 is 1.76. The molecule has 2 N–H and O–H groups in total. The molecular formula is C18H18N2S. The Balaban J connectivity index is 1.96. The normalized spacial score (nSPS) is 11.2. The molecule has 2 nitrogen and oxygen atoms in total. The maximum absolute atomic E-state index is 6.02. The molecule has 3 aromatic rings. The molecule has 0 aliphatic carbocycles. The average molecular weight is 294 g/mol. The van der Waals surface area contributed by atoms with E-state index in [1.54, 1.807) is 11.8 Å². The summed E-state index contributed by atoms with van der Waals surface area (Å²) in [5.41, 5.74) is 8.16. The number of nitrogen functional groups attached to an aromatic ring is 1. The fourth-order valence-corrected chi connectivity index (χ4v) is 3.27. The van der Waals surface area contributed by atoms with Crippen molar-refractivity contribution in [1.82, 2.24) is 4.98 Å². The Kier molecular flexibility index (Phi) is 3.84. The van der Waals surface area contributed by atoms with Gasteiger partial charge in [-0.1, -0.05) is 37.7 Å². The van der Waals surface area contributed by atoms with Gasteiger partial charge in [-0.05, 0) is 41.8 Å². The van der Waals surface area contributed by atoms with Crippen LogP contribution in [0.4, 0.5) is 5.69 Å². The van der Waals surface area contributed by atoms with E-state index in [-0.39, 0.29) is 0 Å². The largest absolute Gasteiger partial charge is 0.398 e. The number of fused-ring (bicyclic) bond motifs is 1. The smallest absolute Gasteiger partial charge is 0.0410 e. The maximum atomic E-state index is 6.02. The van der Waals surface area contributed by atoms with Gasteiger partial charge in [-0.3, -0.25) is 4.98 Å². The SMILES string of the molecule is CC(C)c1ccc(Sc2ccc(N)c3cnccc23)cc1. The van der Waals surface area contributed by atoms with E-state index in [9.17, 15) is 0 Å². The minimum absolute atomic E-state index is 0.562. The number of nitrogens with two attached hydrogens (primary N) is 1. The van der Waals surface area contributed by atoms with Gasteiger partial charge in [0.1, 0.15) is 0 Å². The van der Waals surface area contributed by atoms with E-state index in [0.29, 0.717) is 5.92 Å². The lowest BCUT2D eigenvalue weighted by molar-refractivity contribution is 0.865. The van der Waals surface area contributed by atoms with Gasteiger partial charge in [0, 0.05) is 38.6 Å². The Morgan fingerprint density at radius 3 is 2.43 bits per heavy atom. The first-order chi connectivity index (χ1) is 10.1. The number of pyridine rings is 1. The molecule has 3 heteroatoms. The molecular weight excluding hydrogens is 276 g/mol. The lowest BCUT2D eigenvalue weighted by Crippen LogP contribution is -1.89. The van der Waals surface area contributed by atoms with Crippen molar-refractivity contribution >= 4 is 28.2 Å². The van der Waals surface area contributed by atoms with Gasteiger partial charge in [0.25, 0.3) is 0 Å². The van der Waals surface area contributed by atoms with Gasteiger partial charge < -0.3 is 5.73 Å². The number of hydrogen-bond donors (Lipinski definition) is 1. The molecule has 0 bridgehead atoms. The molecule has 0 amide bonds. The van der Waals surface area contributed by atoms with E-state index in [1.165, 1.54) is 15.4 Å². The van der Waals surface area contributed by atoms with Crippen LogP contribution in [0.5, 0.6) is 0 Å². The van der Waals surface area contributed by atoms with Crippen molar-refractivity contribution in [2.24, 2.45) is 0 Å². The van der Waals surface area contributed by atoms with Crippen LogP contribution < -0.4 is 5.73 Å². The van der Waals surface area contributed by atoms with Crippen molar-refractivity contribution in [1.29, 1.82) is 0 Å². The van der Waals surface area contributed by atoms with Crippen LogP contribution >= 0.6 is 11.8 Å². The Bertz CT molecular complexity index is 764. The molecule has 0 aliphatic rings. The number of rotatable bonds is 3. The summed E-state index contributed by atoms with van der Waals surface area (Å²) in [7, 11) is 0.